The van der Waals surface area contributed by atoms with Gasteiger partial charge in [-0.25, -0.2) is 4.79 Å². The molecule has 1 amide bonds. The summed E-state index contributed by atoms with van der Waals surface area (Å²) in [7, 11) is 1.27. The van der Waals surface area contributed by atoms with E-state index in [-0.39, 0.29) is 16.9 Å². The number of methoxy groups -OCH3 is 1. The van der Waals surface area contributed by atoms with Crippen LogP contribution in [-0.2, 0) is 16.1 Å². The van der Waals surface area contributed by atoms with Crippen molar-refractivity contribution in [3.05, 3.63) is 74.3 Å². The molecule has 4 rings (SSSR count). The number of benzene rings is 2. The van der Waals surface area contributed by atoms with Gasteiger partial charge in [0.25, 0.3) is 5.91 Å². The minimum atomic E-state index is -0.781. The molecule has 7 nitrogen and oxygen atoms in total. The number of hydrogen-bond donors (Lipinski definition) is 0. The van der Waals surface area contributed by atoms with Gasteiger partial charge in [0.15, 0.2) is 4.80 Å². The number of fused-ring (bicyclic) bond motifs is 2. The lowest BCUT2D eigenvalue weighted by atomic mass is 10.2. The van der Waals surface area contributed by atoms with E-state index in [4.69, 9.17) is 20.8 Å². The molecule has 0 atom stereocenters. The number of esters is 1. The predicted molar refractivity (Wildman–Crippen MR) is 109 cm³/mol. The Balaban J connectivity index is 1.90. The molecule has 0 radical (unpaired) electrons. The lowest BCUT2D eigenvalue weighted by Gasteiger charge is -2.04. The first-order valence-corrected chi connectivity index (χ1v) is 9.64. The number of para-hydroxylation sites is 2. The maximum Gasteiger partial charge on any atom is 0.349 e. The Morgan fingerprint density at radius 2 is 2.00 bits per heavy atom. The number of aromatic nitrogens is 1. The van der Waals surface area contributed by atoms with Crippen molar-refractivity contribution < 1.29 is 18.7 Å². The molecule has 0 saturated heterocycles. The summed E-state index contributed by atoms with van der Waals surface area (Å²) in [5.74, 6) is -1.30. The lowest BCUT2D eigenvalue weighted by Crippen LogP contribution is -2.23. The third kappa shape index (κ3) is 3.59. The van der Waals surface area contributed by atoms with Crippen molar-refractivity contribution in [1.82, 2.24) is 4.57 Å². The standard InChI is InChI=1S/C20H13ClN2O5S/c1-27-16(24)10-23-17-13(21)6-4-8-15(17)29-20(23)22-18(25)12-9-11-5-2-3-7-14(11)28-19(12)26/h2-9H,10H2,1H3. The molecule has 9 heteroatoms. The maximum atomic E-state index is 12.8. The molecular weight excluding hydrogens is 416 g/mol. The van der Waals surface area contributed by atoms with Gasteiger partial charge in [0.2, 0.25) is 0 Å². The van der Waals surface area contributed by atoms with Crippen molar-refractivity contribution >= 4 is 56.0 Å². The molecule has 4 aromatic rings. The summed E-state index contributed by atoms with van der Waals surface area (Å²) in [6.07, 6.45) is 0. The zero-order valence-corrected chi connectivity index (χ0v) is 16.6. The van der Waals surface area contributed by atoms with Gasteiger partial charge in [0, 0.05) is 5.39 Å². The number of amides is 1. The molecule has 146 valence electrons. The molecule has 0 fully saturated rings. The fourth-order valence-electron chi connectivity index (χ4n) is 2.87. The largest absolute Gasteiger partial charge is 0.468 e. The van der Waals surface area contributed by atoms with Crippen LogP contribution < -0.4 is 10.4 Å². The van der Waals surface area contributed by atoms with Crippen molar-refractivity contribution in [3.63, 3.8) is 0 Å². The van der Waals surface area contributed by atoms with Crippen LogP contribution in [-0.4, -0.2) is 23.6 Å². The summed E-state index contributed by atoms with van der Waals surface area (Å²) in [5, 5.41) is 1.01. The van der Waals surface area contributed by atoms with E-state index in [9.17, 15) is 14.4 Å². The van der Waals surface area contributed by atoms with Gasteiger partial charge in [0.1, 0.15) is 17.7 Å². The Kier molecular flexibility index (Phi) is 5.04. The van der Waals surface area contributed by atoms with Crippen molar-refractivity contribution in [2.24, 2.45) is 4.99 Å². The molecule has 0 N–H and O–H groups in total. The number of hydrogen-bond acceptors (Lipinski definition) is 6. The number of thiazole rings is 1. The van der Waals surface area contributed by atoms with Crippen molar-refractivity contribution in [2.75, 3.05) is 7.11 Å². The lowest BCUT2D eigenvalue weighted by molar-refractivity contribution is -0.141. The molecule has 2 aromatic heterocycles. The van der Waals surface area contributed by atoms with E-state index in [0.29, 0.717) is 21.5 Å². The van der Waals surface area contributed by atoms with E-state index in [1.54, 1.807) is 42.5 Å². The Labute approximate surface area is 172 Å². The van der Waals surface area contributed by atoms with Gasteiger partial charge in [-0.05, 0) is 24.3 Å². The molecule has 0 aliphatic rings. The Morgan fingerprint density at radius 3 is 2.79 bits per heavy atom. The third-order valence-corrected chi connectivity index (χ3v) is 5.58. The van der Waals surface area contributed by atoms with Gasteiger partial charge in [-0.3, -0.25) is 9.59 Å². The van der Waals surface area contributed by atoms with Crippen molar-refractivity contribution in [2.45, 2.75) is 6.54 Å². The van der Waals surface area contributed by atoms with Gasteiger partial charge in [-0.15, -0.1) is 0 Å². The summed E-state index contributed by atoms with van der Waals surface area (Å²) in [6, 6.07) is 13.5. The molecular formula is C20H13ClN2O5S. The molecule has 0 unspecified atom stereocenters. The van der Waals surface area contributed by atoms with Crippen molar-refractivity contribution in [1.29, 1.82) is 0 Å². The SMILES string of the molecule is COC(=O)Cn1c(=NC(=O)c2cc3ccccc3oc2=O)sc2cccc(Cl)c21. The van der Waals surface area contributed by atoms with Crippen LogP contribution in [0.15, 0.2) is 62.7 Å². The highest BCUT2D eigenvalue weighted by molar-refractivity contribution is 7.16. The van der Waals surface area contributed by atoms with Crippen molar-refractivity contribution in [3.8, 4) is 0 Å². The van der Waals surface area contributed by atoms with Crippen LogP contribution in [0, 0.1) is 0 Å². The first kappa shape index (κ1) is 19.1. The van der Waals surface area contributed by atoms with Gasteiger partial charge < -0.3 is 13.7 Å². The maximum absolute atomic E-state index is 12.8. The number of carbonyl (C=O) groups is 2. The van der Waals surface area contributed by atoms with Gasteiger partial charge >= 0.3 is 11.6 Å². The first-order valence-electron chi connectivity index (χ1n) is 8.44. The van der Waals surface area contributed by atoms with Gasteiger partial charge in [-0.1, -0.05) is 47.2 Å². The zero-order valence-electron chi connectivity index (χ0n) is 15.0. The Bertz CT molecular complexity index is 1400. The topological polar surface area (TPSA) is 90.9 Å². The highest BCUT2D eigenvalue weighted by Gasteiger charge is 2.17. The number of carbonyl (C=O) groups excluding carboxylic acids is 2. The van der Waals surface area contributed by atoms with E-state index < -0.39 is 17.5 Å². The van der Waals surface area contributed by atoms with E-state index in [1.165, 1.54) is 29.1 Å². The van der Waals surface area contributed by atoms with Crippen LogP contribution >= 0.6 is 22.9 Å². The monoisotopic (exact) mass is 428 g/mol. The van der Waals surface area contributed by atoms with Crippen LogP contribution in [0.25, 0.3) is 21.2 Å². The minimum absolute atomic E-state index is 0.182. The second-order valence-corrected chi connectivity index (χ2v) is 7.45. The normalized spacial score (nSPS) is 11.9. The molecule has 0 aliphatic heterocycles. The highest BCUT2D eigenvalue weighted by Crippen LogP contribution is 2.25. The summed E-state index contributed by atoms with van der Waals surface area (Å²) >= 11 is 7.46. The Morgan fingerprint density at radius 1 is 1.21 bits per heavy atom. The van der Waals surface area contributed by atoms with E-state index >= 15 is 0 Å². The zero-order chi connectivity index (χ0) is 20.5. The first-order chi connectivity index (χ1) is 14.0. The number of ether oxygens (including phenoxy) is 1. The molecule has 2 aromatic carbocycles. The second kappa shape index (κ2) is 7.65. The second-order valence-electron chi connectivity index (χ2n) is 6.04. The molecule has 2 heterocycles. The molecule has 0 bridgehead atoms. The smallest absolute Gasteiger partial charge is 0.349 e. The third-order valence-electron chi connectivity index (χ3n) is 4.24. The predicted octanol–water partition coefficient (Wildman–Crippen LogP) is 3.38. The van der Waals surface area contributed by atoms with Gasteiger partial charge in [0.05, 0.1) is 22.3 Å². The van der Waals surface area contributed by atoms with E-state index in [0.717, 1.165) is 4.70 Å². The Hall–Kier alpha value is -3.23. The fourth-order valence-corrected chi connectivity index (χ4v) is 4.26. The quantitative estimate of drug-likeness (QED) is 0.368. The summed E-state index contributed by atoms with van der Waals surface area (Å²) in [4.78, 5) is 41.2. The minimum Gasteiger partial charge on any atom is -0.468 e. The van der Waals surface area contributed by atoms with Crippen LogP contribution in [0.2, 0.25) is 5.02 Å². The summed E-state index contributed by atoms with van der Waals surface area (Å²) < 4.78 is 12.2. The van der Waals surface area contributed by atoms with E-state index in [2.05, 4.69) is 4.99 Å². The van der Waals surface area contributed by atoms with Crippen LogP contribution in [0.5, 0.6) is 0 Å². The summed E-state index contributed by atoms with van der Waals surface area (Å²) in [5.41, 5.74) is -0.0434. The number of nitrogens with zero attached hydrogens (tertiary/aromatic N) is 2. The highest BCUT2D eigenvalue weighted by atomic mass is 35.5. The number of rotatable bonds is 3. The van der Waals surface area contributed by atoms with Crippen LogP contribution in [0.1, 0.15) is 10.4 Å². The average Bonchev–Trinajstić information content (AvgIpc) is 3.05. The van der Waals surface area contributed by atoms with Crippen LogP contribution in [0.3, 0.4) is 0 Å². The van der Waals surface area contributed by atoms with Gasteiger partial charge in [-0.2, -0.15) is 4.99 Å². The molecule has 0 saturated carbocycles. The number of halogens is 1. The molecule has 0 spiro atoms. The van der Waals surface area contributed by atoms with E-state index in [1.807, 2.05) is 0 Å². The fraction of sp³-hybridized carbons (Fsp3) is 0.100. The molecule has 0 aliphatic carbocycles. The summed E-state index contributed by atoms with van der Waals surface area (Å²) in [6.45, 7) is -0.182. The van der Waals surface area contributed by atoms with Crippen LogP contribution in [0.4, 0.5) is 0 Å². The average molecular weight is 429 g/mol. The molecule has 29 heavy (non-hydrogen) atoms.